The third kappa shape index (κ3) is 5.47. The van der Waals surface area contributed by atoms with Gasteiger partial charge in [-0.2, -0.15) is 4.37 Å². The van der Waals surface area contributed by atoms with Crippen molar-refractivity contribution in [2.24, 2.45) is 5.92 Å². The molecule has 1 aromatic heterocycles. The Kier molecular flexibility index (Phi) is 6.46. The van der Waals surface area contributed by atoms with Crippen LogP contribution >= 0.6 is 11.5 Å². The SMILES string of the molecule is Cc1ccc(S(=O)(=O)NC[C@@H]2CCCN(Cc3nsc(N(C)C)n3)C2)cc1. The molecule has 1 N–H and O–H groups in total. The Bertz CT molecular complexity index is 849. The van der Waals surface area contributed by atoms with Gasteiger partial charge in [0.1, 0.15) is 0 Å². The molecule has 3 rings (SSSR count). The molecular weight excluding hydrogens is 382 g/mol. The summed E-state index contributed by atoms with van der Waals surface area (Å²) in [6.07, 6.45) is 2.09. The molecule has 0 spiro atoms. The van der Waals surface area contributed by atoms with Crippen molar-refractivity contribution in [1.29, 1.82) is 0 Å². The predicted molar refractivity (Wildman–Crippen MR) is 109 cm³/mol. The van der Waals surface area contributed by atoms with Gasteiger partial charge in [-0.05, 0) is 44.4 Å². The molecule has 0 saturated carbocycles. The largest absolute Gasteiger partial charge is 0.353 e. The summed E-state index contributed by atoms with van der Waals surface area (Å²) in [5.41, 5.74) is 1.05. The van der Waals surface area contributed by atoms with Crippen LogP contribution < -0.4 is 9.62 Å². The van der Waals surface area contributed by atoms with Crippen LogP contribution in [-0.2, 0) is 16.6 Å². The zero-order chi connectivity index (χ0) is 19.4. The topological polar surface area (TPSA) is 78.4 Å². The number of aryl methyl sites for hydroxylation is 1. The van der Waals surface area contributed by atoms with Gasteiger partial charge in [0.15, 0.2) is 5.82 Å². The summed E-state index contributed by atoms with van der Waals surface area (Å²) < 4.78 is 32.2. The number of hydrogen-bond acceptors (Lipinski definition) is 7. The van der Waals surface area contributed by atoms with Gasteiger partial charge in [0, 0.05) is 38.7 Å². The van der Waals surface area contributed by atoms with Gasteiger partial charge in [-0.3, -0.25) is 4.90 Å². The van der Waals surface area contributed by atoms with E-state index in [1.54, 1.807) is 12.1 Å². The fourth-order valence-corrected chi connectivity index (χ4v) is 4.89. The molecule has 27 heavy (non-hydrogen) atoms. The highest BCUT2D eigenvalue weighted by Crippen LogP contribution is 2.20. The minimum atomic E-state index is -3.46. The predicted octanol–water partition coefficient (Wildman–Crippen LogP) is 2.10. The molecule has 9 heteroatoms. The second kappa shape index (κ2) is 8.64. The van der Waals surface area contributed by atoms with Crippen LogP contribution in [0.25, 0.3) is 0 Å². The minimum absolute atomic E-state index is 0.297. The standard InChI is InChI=1S/C18H27N5O2S2/c1-14-6-8-16(9-7-14)27(24,25)19-11-15-5-4-10-23(12-15)13-17-20-18(22(2)3)26-21-17/h6-9,15,19H,4-5,10-13H2,1-3H3/t15-/m0/s1. The van der Waals surface area contributed by atoms with Crippen molar-refractivity contribution in [1.82, 2.24) is 19.0 Å². The first-order valence-electron chi connectivity index (χ1n) is 9.12. The van der Waals surface area contributed by atoms with Crippen LogP contribution in [0.4, 0.5) is 5.13 Å². The zero-order valence-electron chi connectivity index (χ0n) is 16.1. The van der Waals surface area contributed by atoms with Gasteiger partial charge in [-0.15, -0.1) is 0 Å². The first-order chi connectivity index (χ1) is 12.8. The van der Waals surface area contributed by atoms with Crippen molar-refractivity contribution >= 4 is 26.7 Å². The van der Waals surface area contributed by atoms with Gasteiger partial charge in [0.05, 0.1) is 11.4 Å². The quantitative estimate of drug-likeness (QED) is 0.755. The molecule has 0 aliphatic carbocycles. The first-order valence-corrected chi connectivity index (χ1v) is 11.4. The van der Waals surface area contributed by atoms with E-state index in [-0.39, 0.29) is 0 Å². The summed E-state index contributed by atoms with van der Waals surface area (Å²) in [6, 6.07) is 6.95. The third-order valence-corrected chi connectivity index (χ3v) is 7.06. The lowest BCUT2D eigenvalue weighted by Gasteiger charge is -2.32. The van der Waals surface area contributed by atoms with Crippen LogP contribution in [0.1, 0.15) is 24.2 Å². The maximum atomic E-state index is 12.5. The van der Waals surface area contributed by atoms with Crippen LogP contribution in [0, 0.1) is 12.8 Å². The lowest BCUT2D eigenvalue weighted by Crippen LogP contribution is -2.40. The molecule has 2 aromatic rings. The molecule has 0 amide bonds. The first kappa shape index (κ1) is 20.2. The normalized spacial score (nSPS) is 18.6. The van der Waals surface area contributed by atoms with Gasteiger partial charge in [0.2, 0.25) is 15.2 Å². The van der Waals surface area contributed by atoms with Crippen molar-refractivity contribution in [3.05, 3.63) is 35.7 Å². The molecule has 7 nitrogen and oxygen atoms in total. The summed E-state index contributed by atoms with van der Waals surface area (Å²) in [5.74, 6) is 1.13. The van der Waals surface area contributed by atoms with E-state index < -0.39 is 10.0 Å². The highest BCUT2D eigenvalue weighted by Gasteiger charge is 2.23. The maximum Gasteiger partial charge on any atom is 0.240 e. The average molecular weight is 410 g/mol. The van der Waals surface area contributed by atoms with Gasteiger partial charge in [-0.25, -0.2) is 18.1 Å². The number of aromatic nitrogens is 2. The van der Waals surface area contributed by atoms with Gasteiger partial charge < -0.3 is 4.90 Å². The number of nitrogens with zero attached hydrogens (tertiary/aromatic N) is 4. The summed E-state index contributed by atoms with van der Waals surface area (Å²) in [4.78, 5) is 9.14. The smallest absolute Gasteiger partial charge is 0.240 e. The Balaban J connectivity index is 1.54. The van der Waals surface area contributed by atoms with Crippen molar-refractivity contribution in [3.8, 4) is 0 Å². The second-order valence-electron chi connectivity index (χ2n) is 7.30. The highest BCUT2D eigenvalue weighted by atomic mass is 32.2. The average Bonchev–Trinajstić information content (AvgIpc) is 3.10. The van der Waals surface area contributed by atoms with Crippen LogP contribution in [0.5, 0.6) is 0 Å². The van der Waals surface area contributed by atoms with Gasteiger partial charge in [-0.1, -0.05) is 17.7 Å². The van der Waals surface area contributed by atoms with Crippen molar-refractivity contribution in [2.75, 3.05) is 38.6 Å². The Labute approximate surface area is 165 Å². The number of hydrogen-bond donors (Lipinski definition) is 1. The molecule has 1 fully saturated rings. The molecule has 148 valence electrons. The van der Waals surface area contributed by atoms with E-state index in [2.05, 4.69) is 19.0 Å². The molecule has 1 aromatic carbocycles. The lowest BCUT2D eigenvalue weighted by molar-refractivity contribution is 0.166. The van der Waals surface area contributed by atoms with Gasteiger partial charge >= 0.3 is 0 Å². The Hall–Kier alpha value is -1.55. The number of sulfonamides is 1. The minimum Gasteiger partial charge on any atom is -0.353 e. The lowest BCUT2D eigenvalue weighted by atomic mass is 9.98. The Morgan fingerprint density at radius 2 is 2.04 bits per heavy atom. The molecular formula is C18H27N5O2S2. The molecule has 0 unspecified atom stereocenters. The van der Waals surface area contributed by atoms with Gasteiger partial charge in [0.25, 0.3) is 0 Å². The fraction of sp³-hybridized carbons (Fsp3) is 0.556. The number of anilines is 1. The van der Waals surface area contributed by atoms with E-state index in [1.807, 2.05) is 38.1 Å². The Morgan fingerprint density at radius 3 is 2.70 bits per heavy atom. The molecule has 2 heterocycles. The van der Waals surface area contributed by atoms with Crippen LogP contribution in [0.2, 0.25) is 0 Å². The summed E-state index contributed by atoms with van der Waals surface area (Å²) >= 11 is 1.41. The fourth-order valence-electron chi connectivity index (χ4n) is 3.18. The van der Waals surface area contributed by atoms with Crippen LogP contribution in [0.15, 0.2) is 29.2 Å². The summed E-state index contributed by atoms with van der Waals surface area (Å²) in [5, 5.41) is 0.907. The number of nitrogens with one attached hydrogen (secondary N) is 1. The molecule has 1 aliphatic rings. The molecule has 1 saturated heterocycles. The van der Waals surface area contributed by atoms with E-state index in [0.29, 0.717) is 23.9 Å². The highest BCUT2D eigenvalue weighted by molar-refractivity contribution is 7.89. The molecule has 1 atom stereocenters. The number of benzene rings is 1. The molecule has 1 aliphatic heterocycles. The van der Waals surface area contributed by atoms with E-state index in [4.69, 9.17) is 0 Å². The maximum absolute atomic E-state index is 12.5. The summed E-state index contributed by atoms with van der Waals surface area (Å²) in [7, 11) is 0.463. The van der Waals surface area contributed by atoms with E-state index >= 15 is 0 Å². The molecule has 0 bridgehead atoms. The monoisotopic (exact) mass is 409 g/mol. The number of piperidine rings is 1. The second-order valence-corrected chi connectivity index (χ2v) is 9.79. The van der Waals surface area contributed by atoms with Crippen LogP contribution in [0.3, 0.4) is 0 Å². The number of likely N-dealkylation sites (tertiary alicyclic amines) is 1. The Morgan fingerprint density at radius 1 is 1.30 bits per heavy atom. The van der Waals surface area contributed by atoms with Crippen molar-refractivity contribution < 1.29 is 8.42 Å². The van der Waals surface area contributed by atoms with E-state index in [9.17, 15) is 8.42 Å². The van der Waals surface area contributed by atoms with E-state index in [0.717, 1.165) is 42.5 Å². The van der Waals surface area contributed by atoms with E-state index in [1.165, 1.54) is 11.5 Å². The summed E-state index contributed by atoms with van der Waals surface area (Å²) in [6.45, 7) is 4.97. The molecule has 0 radical (unpaired) electrons. The van der Waals surface area contributed by atoms with Crippen molar-refractivity contribution in [3.63, 3.8) is 0 Å². The zero-order valence-corrected chi connectivity index (χ0v) is 17.7. The third-order valence-electron chi connectivity index (χ3n) is 4.70. The van der Waals surface area contributed by atoms with Crippen LogP contribution in [-0.4, -0.2) is 56.4 Å². The number of rotatable bonds is 7. The van der Waals surface area contributed by atoms with Crippen molar-refractivity contribution in [2.45, 2.75) is 31.2 Å².